The van der Waals surface area contributed by atoms with Gasteiger partial charge in [0.2, 0.25) is 0 Å². The Balaban J connectivity index is 2.17. The zero-order valence-corrected chi connectivity index (χ0v) is 12.1. The van der Waals surface area contributed by atoms with Crippen molar-refractivity contribution < 1.29 is 0 Å². The van der Waals surface area contributed by atoms with E-state index in [1.165, 1.54) is 28.7 Å². The zero-order chi connectivity index (χ0) is 13.7. The molecular weight excluding hydrogens is 230 g/mol. The lowest BCUT2D eigenvalue weighted by Gasteiger charge is -2.10. The number of rotatable bonds is 5. The van der Waals surface area contributed by atoms with E-state index in [1.54, 1.807) is 0 Å². The van der Waals surface area contributed by atoms with Crippen LogP contribution in [0.2, 0.25) is 0 Å². The average Bonchev–Trinajstić information content (AvgIpc) is 2.48. The van der Waals surface area contributed by atoms with E-state index in [2.05, 4.69) is 67.7 Å². The Bertz CT molecular complexity index is 496. The molecule has 1 nitrogen and oxygen atoms in total. The van der Waals surface area contributed by atoms with Gasteiger partial charge in [-0.1, -0.05) is 62.4 Å². The van der Waals surface area contributed by atoms with Crippen molar-refractivity contribution in [3.63, 3.8) is 0 Å². The van der Waals surface area contributed by atoms with E-state index >= 15 is 0 Å². The van der Waals surface area contributed by atoms with Crippen LogP contribution >= 0.6 is 0 Å². The molecule has 0 saturated carbocycles. The summed E-state index contributed by atoms with van der Waals surface area (Å²) in [5.74, 6) is 0.645. The second-order valence-electron chi connectivity index (χ2n) is 5.16. The van der Waals surface area contributed by atoms with Gasteiger partial charge in [-0.15, -0.1) is 0 Å². The molecule has 0 aliphatic rings. The molecule has 2 aromatic carbocycles. The third-order valence-electron chi connectivity index (χ3n) is 3.76. The van der Waals surface area contributed by atoms with Crippen molar-refractivity contribution in [3.05, 3.63) is 59.7 Å². The maximum atomic E-state index is 3.17. The predicted octanol–water partition coefficient (Wildman–Crippen LogP) is 4.59. The van der Waals surface area contributed by atoms with Gasteiger partial charge in [0.25, 0.3) is 0 Å². The van der Waals surface area contributed by atoms with Crippen molar-refractivity contribution in [1.29, 1.82) is 0 Å². The first-order chi connectivity index (χ1) is 9.24. The monoisotopic (exact) mass is 253 g/mol. The minimum absolute atomic E-state index is 0.645. The molecule has 1 atom stereocenters. The third kappa shape index (κ3) is 3.45. The van der Waals surface area contributed by atoms with E-state index in [-0.39, 0.29) is 0 Å². The highest BCUT2D eigenvalue weighted by Gasteiger charge is 2.03. The lowest BCUT2D eigenvalue weighted by molar-refractivity contribution is 0.734. The maximum Gasteiger partial charge on any atom is 0.0202 e. The molecule has 0 amide bonds. The van der Waals surface area contributed by atoms with Gasteiger partial charge in [0.05, 0.1) is 0 Å². The molecule has 0 bridgehead atoms. The standard InChI is InChI=1S/C18H23N/c1-4-14(2)16-9-11-18(12-10-16)17-7-5-15(6-8-17)13-19-3/h5-12,14,19H,4,13H2,1-3H3. The van der Waals surface area contributed by atoms with E-state index in [9.17, 15) is 0 Å². The van der Waals surface area contributed by atoms with Crippen molar-refractivity contribution in [2.45, 2.75) is 32.7 Å². The molecule has 2 rings (SSSR count). The molecule has 0 aromatic heterocycles. The van der Waals surface area contributed by atoms with Gasteiger partial charge in [0, 0.05) is 6.54 Å². The van der Waals surface area contributed by atoms with Crippen LogP contribution in [-0.2, 0) is 6.54 Å². The minimum Gasteiger partial charge on any atom is -0.316 e. The highest BCUT2D eigenvalue weighted by atomic mass is 14.8. The fraction of sp³-hybridized carbons (Fsp3) is 0.333. The van der Waals surface area contributed by atoms with Crippen LogP contribution in [0.4, 0.5) is 0 Å². The van der Waals surface area contributed by atoms with Gasteiger partial charge in [-0.2, -0.15) is 0 Å². The van der Waals surface area contributed by atoms with Crippen molar-refractivity contribution in [1.82, 2.24) is 5.32 Å². The Labute approximate surface area is 116 Å². The van der Waals surface area contributed by atoms with Crippen LogP contribution in [0.3, 0.4) is 0 Å². The Morgan fingerprint density at radius 2 is 1.42 bits per heavy atom. The molecule has 1 unspecified atom stereocenters. The summed E-state index contributed by atoms with van der Waals surface area (Å²) in [6.07, 6.45) is 1.19. The van der Waals surface area contributed by atoms with Crippen LogP contribution in [0.15, 0.2) is 48.5 Å². The molecule has 19 heavy (non-hydrogen) atoms. The van der Waals surface area contributed by atoms with Gasteiger partial charge in [-0.25, -0.2) is 0 Å². The summed E-state index contributed by atoms with van der Waals surface area (Å²) in [6.45, 7) is 5.44. The average molecular weight is 253 g/mol. The Morgan fingerprint density at radius 3 is 1.89 bits per heavy atom. The van der Waals surface area contributed by atoms with Crippen LogP contribution < -0.4 is 5.32 Å². The Morgan fingerprint density at radius 1 is 0.895 bits per heavy atom. The highest BCUT2D eigenvalue weighted by Crippen LogP contribution is 2.24. The van der Waals surface area contributed by atoms with Crippen molar-refractivity contribution in [2.75, 3.05) is 7.05 Å². The number of benzene rings is 2. The molecule has 0 fully saturated rings. The molecule has 0 radical (unpaired) electrons. The lowest BCUT2D eigenvalue weighted by atomic mass is 9.95. The van der Waals surface area contributed by atoms with Crippen molar-refractivity contribution in [2.24, 2.45) is 0 Å². The molecule has 1 N–H and O–H groups in total. The molecular formula is C18H23N. The number of hydrogen-bond donors (Lipinski definition) is 1. The normalized spacial score (nSPS) is 12.4. The SMILES string of the molecule is CCC(C)c1ccc(-c2ccc(CNC)cc2)cc1. The van der Waals surface area contributed by atoms with Gasteiger partial charge < -0.3 is 5.32 Å². The van der Waals surface area contributed by atoms with Crippen LogP contribution in [0.25, 0.3) is 11.1 Å². The van der Waals surface area contributed by atoms with Crippen LogP contribution in [-0.4, -0.2) is 7.05 Å². The fourth-order valence-electron chi connectivity index (χ4n) is 2.26. The predicted molar refractivity (Wildman–Crippen MR) is 83.3 cm³/mol. The quantitative estimate of drug-likeness (QED) is 0.822. The van der Waals surface area contributed by atoms with E-state index in [1.807, 2.05) is 7.05 Å². The first-order valence-electron chi connectivity index (χ1n) is 7.08. The molecule has 0 aliphatic heterocycles. The molecule has 1 heteroatoms. The summed E-state index contributed by atoms with van der Waals surface area (Å²) < 4.78 is 0. The topological polar surface area (TPSA) is 12.0 Å². The molecule has 0 heterocycles. The van der Waals surface area contributed by atoms with Crippen LogP contribution in [0.5, 0.6) is 0 Å². The fourth-order valence-corrected chi connectivity index (χ4v) is 2.26. The van der Waals surface area contributed by atoms with Gasteiger partial charge in [-0.05, 0) is 41.6 Å². The Hall–Kier alpha value is -1.60. The summed E-state index contributed by atoms with van der Waals surface area (Å²) >= 11 is 0. The van der Waals surface area contributed by atoms with Gasteiger partial charge in [0.1, 0.15) is 0 Å². The minimum atomic E-state index is 0.645. The second-order valence-corrected chi connectivity index (χ2v) is 5.16. The van der Waals surface area contributed by atoms with Crippen LogP contribution in [0, 0.1) is 0 Å². The van der Waals surface area contributed by atoms with E-state index < -0.39 is 0 Å². The number of nitrogens with one attached hydrogen (secondary N) is 1. The van der Waals surface area contributed by atoms with E-state index in [0.717, 1.165) is 6.54 Å². The summed E-state index contributed by atoms with van der Waals surface area (Å²) in [5.41, 5.74) is 5.33. The highest BCUT2D eigenvalue weighted by molar-refractivity contribution is 5.64. The molecule has 0 saturated heterocycles. The van der Waals surface area contributed by atoms with E-state index in [4.69, 9.17) is 0 Å². The maximum absolute atomic E-state index is 3.17. The van der Waals surface area contributed by atoms with Crippen LogP contribution in [0.1, 0.15) is 37.3 Å². The van der Waals surface area contributed by atoms with Crippen molar-refractivity contribution >= 4 is 0 Å². The smallest absolute Gasteiger partial charge is 0.0202 e. The van der Waals surface area contributed by atoms with Gasteiger partial charge >= 0.3 is 0 Å². The molecule has 0 aliphatic carbocycles. The molecule has 2 aromatic rings. The lowest BCUT2D eigenvalue weighted by Crippen LogP contribution is -2.04. The zero-order valence-electron chi connectivity index (χ0n) is 12.1. The largest absolute Gasteiger partial charge is 0.316 e. The first-order valence-corrected chi connectivity index (χ1v) is 7.08. The van der Waals surface area contributed by atoms with Gasteiger partial charge in [-0.3, -0.25) is 0 Å². The second kappa shape index (κ2) is 6.53. The summed E-state index contributed by atoms with van der Waals surface area (Å²) in [7, 11) is 1.97. The Kier molecular flexibility index (Phi) is 4.75. The summed E-state index contributed by atoms with van der Waals surface area (Å²) in [4.78, 5) is 0. The molecule has 100 valence electrons. The van der Waals surface area contributed by atoms with E-state index in [0.29, 0.717) is 5.92 Å². The van der Waals surface area contributed by atoms with Gasteiger partial charge in [0.15, 0.2) is 0 Å². The summed E-state index contributed by atoms with van der Waals surface area (Å²) in [5, 5.41) is 3.17. The first kappa shape index (κ1) is 13.8. The molecule has 0 spiro atoms. The third-order valence-corrected chi connectivity index (χ3v) is 3.76. The number of hydrogen-bond acceptors (Lipinski definition) is 1. The summed E-state index contributed by atoms with van der Waals surface area (Å²) in [6, 6.07) is 17.7. The van der Waals surface area contributed by atoms with Crippen molar-refractivity contribution in [3.8, 4) is 11.1 Å².